The van der Waals surface area contributed by atoms with Gasteiger partial charge in [0, 0.05) is 29.1 Å². The second-order valence-electron chi connectivity index (χ2n) is 3.90. The molecule has 84 valence electrons. The number of anilines is 1. The Bertz CT molecular complexity index is 428. The summed E-state index contributed by atoms with van der Waals surface area (Å²) in [7, 11) is 0. The van der Waals surface area contributed by atoms with Crippen molar-refractivity contribution in [1.82, 2.24) is 0 Å². The molecule has 0 aliphatic carbocycles. The van der Waals surface area contributed by atoms with Crippen molar-refractivity contribution in [1.29, 1.82) is 5.26 Å². The Morgan fingerprint density at radius 3 is 3.06 bits per heavy atom. The fourth-order valence-electron chi connectivity index (χ4n) is 1.90. The molecule has 1 fully saturated rings. The number of benzene rings is 1. The number of hydrogen-bond acceptors (Lipinski definition) is 3. The zero-order valence-electron chi connectivity index (χ0n) is 9.11. The van der Waals surface area contributed by atoms with Crippen LogP contribution in [0.25, 0.3) is 0 Å². The molecule has 0 spiro atoms. The van der Waals surface area contributed by atoms with Crippen LogP contribution in [0.2, 0.25) is 5.02 Å². The topological polar surface area (TPSA) is 27.0 Å². The minimum absolute atomic E-state index is 0.610. The van der Waals surface area contributed by atoms with E-state index in [9.17, 15) is 0 Å². The van der Waals surface area contributed by atoms with Gasteiger partial charge in [0.15, 0.2) is 0 Å². The Morgan fingerprint density at radius 2 is 2.38 bits per heavy atom. The summed E-state index contributed by atoms with van der Waals surface area (Å²) < 4.78 is 0. The van der Waals surface area contributed by atoms with Crippen molar-refractivity contribution in [3.63, 3.8) is 0 Å². The van der Waals surface area contributed by atoms with Crippen molar-refractivity contribution >= 4 is 29.1 Å². The Morgan fingerprint density at radius 1 is 1.56 bits per heavy atom. The maximum absolute atomic E-state index is 9.08. The molecule has 2 nitrogen and oxygen atoms in total. The van der Waals surface area contributed by atoms with Crippen LogP contribution < -0.4 is 4.90 Å². The normalized spacial score (nSPS) is 20.6. The molecule has 0 bridgehead atoms. The van der Waals surface area contributed by atoms with Crippen LogP contribution in [0.15, 0.2) is 18.2 Å². The zero-order valence-corrected chi connectivity index (χ0v) is 10.7. The molecule has 0 saturated carbocycles. The van der Waals surface area contributed by atoms with Crippen molar-refractivity contribution in [2.24, 2.45) is 0 Å². The van der Waals surface area contributed by atoms with Gasteiger partial charge in [-0.3, -0.25) is 0 Å². The molecule has 1 heterocycles. The predicted octanol–water partition coefficient (Wildman–Crippen LogP) is 3.15. The second-order valence-corrected chi connectivity index (χ2v) is 5.88. The molecule has 0 aromatic heterocycles. The third kappa shape index (κ3) is 2.45. The van der Waals surface area contributed by atoms with E-state index < -0.39 is 0 Å². The molecule has 0 amide bonds. The highest BCUT2D eigenvalue weighted by Crippen LogP contribution is 2.28. The molecule has 1 atom stereocenters. The number of nitriles is 1. The van der Waals surface area contributed by atoms with E-state index in [4.69, 9.17) is 16.9 Å². The van der Waals surface area contributed by atoms with Crippen molar-refractivity contribution in [3.8, 4) is 6.07 Å². The van der Waals surface area contributed by atoms with Crippen LogP contribution in [0, 0.1) is 11.3 Å². The summed E-state index contributed by atoms with van der Waals surface area (Å²) in [5.41, 5.74) is 1.69. The predicted molar refractivity (Wildman–Crippen MR) is 70.3 cm³/mol. The largest absolute Gasteiger partial charge is 0.368 e. The molecule has 0 N–H and O–H groups in total. The van der Waals surface area contributed by atoms with Gasteiger partial charge < -0.3 is 4.90 Å². The summed E-state index contributed by atoms with van der Waals surface area (Å²) in [4.78, 5) is 2.26. The van der Waals surface area contributed by atoms with Gasteiger partial charge in [-0.15, -0.1) is 0 Å². The lowest BCUT2D eigenvalue weighted by Crippen LogP contribution is -2.37. The fourth-order valence-corrected chi connectivity index (χ4v) is 3.08. The lowest BCUT2D eigenvalue weighted by atomic mass is 10.1. The monoisotopic (exact) mass is 252 g/mol. The molecule has 4 heteroatoms. The lowest BCUT2D eigenvalue weighted by molar-refractivity contribution is 0.782. The molecule has 1 aromatic carbocycles. The minimum Gasteiger partial charge on any atom is -0.368 e. The smallest absolute Gasteiger partial charge is 0.101 e. The van der Waals surface area contributed by atoms with Crippen LogP contribution in [-0.4, -0.2) is 24.1 Å². The standard InChI is InChI=1S/C12H13ClN2S/c1-9-8-15(4-5-16-9)12-6-11(13)3-2-10(12)7-14/h2-3,6,9H,4-5,8H2,1H3. The highest BCUT2D eigenvalue weighted by molar-refractivity contribution is 8.00. The molecule has 2 rings (SSSR count). The summed E-state index contributed by atoms with van der Waals surface area (Å²) in [5, 5.41) is 10.4. The van der Waals surface area contributed by atoms with Gasteiger partial charge in [0.05, 0.1) is 11.3 Å². The Hall–Kier alpha value is -0.850. The first-order chi connectivity index (χ1) is 7.70. The molecule has 1 saturated heterocycles. The van der Waals surface area contributed by atoms with Crippen LogP contribution in [0.5, 0.6) is 0 Å². The van der Waals surface area contributed by atoms with Gasteiger partial charge in [0.2, 0.25) is 0 Å². The minimum atomic E-state index is 0.610. The van der Waals surface area contributed by atoms with Crippen LogP contribution in [-0.2, 0) is 0 Å². The van der Waals surface area contributed by atoms with Gasteiger partial charge in [-0.1, -0.05) is 18.5 Å². The van der Waals surface area contributed by atoms with E-state index in [0.717, 1.165) is 24.5 Å². The third-order valence-electron chi connectivity index (χ3n) is 2.66. The summed E-state index contributed by atoms with van der Waals surface area (Å²) in [6.45, 7) is 4.19. The molecular weight excluding hydrogens is 240 g/mol. The fraction of sp³-hybridized carbons (Fsp3) is 0.417. The third-order valence-corrected chi connectivity index (χ3v) is 4.03. The molecular formula is C12H13ClN2S. The van der Waals surface area contributed by atoms with Crippen molar-refractivity contribution in [2.75, 3.05) is 23.7 Å². The Balaban J connectivity index is 2.31. The molecule has 1 aliphatic rings. The first-order valence-electron chi connectivity index (χ1n) is 5.27. The summed E-state index contributed by atoms with van der Waals surface area (Å²) in [5.74, 6) is 1.11. The van der Waals surface area contributed by atoms with Crippen LogP contribution >= 0.6 is 23.4 Å². The Kier molecular flexibility index (Phi) is 3.63. The van der Waals surface area contributed by atoms with Gasteiger partial charge in [-0.2, -0.15) is 17.0 Å². The number of halogens is 1. The Labute approximate surface area is 105 Å². The first-order valence-corrected chi connectivity index (χ1v) is 6.69. The molecule has 16 heavy (non-hydrogen) atoms. The van der Waals surface area contributed by atoms with E-state index >= 15 is 0 Å². The van der Waals surface area contributed by atoms with E-state index in [1.807, 2.05) is 17.8 Å². The van der Waals surface area contributed by atoms with Gasteiger partial charge in [0.25, 0.3) is 0 Å². The number of rotatable bonds is 1. The van der Waals surface area contributed by atoms with Gasteiger partial charge in [0.1, 0.15) is 6.07 Å². The maximum atomic E-state index is 9.08. The van der Waals surface area contributed by atoms with E-state index in [-0.39, 0.29) is 0 Å². The highest BCUT2D eigenvalue weighted by Gasteiger charge is 2.19. The number of nitrogens with zero attached hydrogens (tertiary/aromatic N) is 2. The molecule has 0 radical (unpaired) electrons. The van der Waals surface area contributed by atoms with Crippen molar-refractivity contribution < 1.29 is 0 Å². The van der Waals surface area contributed by atoms with Crippen LogP contribution in [0.3, 0.4) is 0 Å². The summed E-state index contributed by atoms with van der Waals surface area (Å²) >= 11 is 7.96. The summed E-state index contributed by atoms with van der Waals surface area (Å²) in [6.07, 6.45) is 0. The zero-order chi connectivity index (χ0) is 11.5. The van der Waals surface area contributed by atoms with Gasteiger partial charge in [-0.05, 0) is 18.2 Å². The van der Waals surface area contributed by atoms with Crippen molar-refractivity contribution in [3.05, 3.63) is 28.8 Å². The summed E-state index contributed by atoms with van der Waals surface area (Å²) in [6, 6.07) is 7.68. The molecule has 1 aliphatic heterocycles. The first kappa shape index (κ1) is 11.6. The van der Waals surface area contributed by atoms with E-state index in [1.54, 1.807) is 12.1 Å². The second kappa shape index (κ2) is 4.99. The van der Waals surface area contributed by atoms with Crippen LogP contribution in [0.4, 0.5) is 5.69 Å². The maximum Gasteiger partial charge on any atom is 0.101 e. The van der Waals surface area contributed by atoms with Gasteiger partial charge in [-0.25, -0.2) is 0 Å². The average Bonchev–Trinajstić information content (AvgIpc) is 2.29. The number of thioether (sulfide) groups is 1. The van der Waals surface area contributed by atoms with Gasteiger partial charge >= 0.3 is 0 Å². The van der Waals surface area contributed by atoms with E-state index in [2.05, 4.69) is 17.9 Å². The quantitative estimate of drug-likeness (QED) is 0.768. The van der Waals surface area contributed by atoms with E-state index in [1.165, 1.54) is 0 Å². The van der Waals surface area contributed by atoms with E-state index in [0.29, 0.717) is 15.8 Å². The van der Waals surface area contributed by atoms with Crippen molar-refractivity contribution in [2.45, 2.75) is 12.2 Å². The number of hydrogen-bond donors (Lipinski definition) is 0. The lowest BCUT2D eigenvalue weighted by Gasteiger charge is -2.33. The highest BCUT2D eigenvalue weighted by atomic mass is 35.5. The van der Waals surface area contributed by atoms with Crippen LogP contribution in [0.1, 0.15) is 12.5 Å². The molecule has 1 unspecified atom stereocenters. The molecule has 1 aromatic rings. The SMILES string of the molecule is CC1CN(c2cc(Cl)ccc2C#N)CCS1. The average molecular weight is 253 g/mol.